The molecule has 1 spiro atoms. The summed E-state index contributed by atoms with van der Waals surface area (Å²) in [4.78, 5) is 24.1. The number of rotatable bonds is 3. The third kappa shape index (κ3) is 3.56. The number of ether oxygens (including phenoxy) is 1. The number of anilines is 4. The summed E-state index contributed by atoms with van der Waals surface area (Å²) in [7, 11) is 0. The number of carbonyl (C=O) groups excluding carboxylic acids is 1. The smallest absolute Gasteiger partial charge is 0.268 e. The van der Waals surface area contributed by atoms with Crippen LogP contribution in [0, 0.1) is 5.41 Å². The van der Waals surface area contributed by atoms with Gasteiger partial charge < -0.3 is 30.0 Å². The average molecular weight is 449 g/mol. The van der Waals surface area contributed by atoms with Crippen molar-refractivity contribution in [2.75, 3.05) is 41.7 Å². The van der Waals surface area contributed by atoms with Gasteiger partial charge in [-0.05, 0) is 57.9 Å². The number of amides is 1. The lowest BCUT2D eigenvalue weighted by molar-refractivity contribution is -0.129. The Morgan fingerprint density at radius 3 is 2.94 bits per heavy atom. The van der Waals surface area contributed by atoms with Gasteiger partial charge in [-0.3, -0.25) is 4.79 Å². The summed E-state index contributed by atoms with van der Waals surface area (Å²) in [5.74, 6) is 1.78. The van der Waals surface area contributed by atoms with Gasteiger partial charge in [-0.25, -0.2) is 4.98 Å². The first-order valence-corrected chi connectivity index (χ1v) is 11.5. The van der Waals surface area contributed by atoms with E-state index in [0.29, 0.717) is 22.8 Å². The van der Waals surface area contributed by atoms with Gasteiger partial charge >= 0.3 is 0 Å². The number of carbonyl (C=O) groups is 1. The molecule has 0 saturated carbocycles. The molecule has 1 atom stereocenters. The maximum Gasteiger partial charge on any atom is 0.268 e. The molecule has 6 rings (SSSR count). The van der Waals surface area contributed by atoms with Gasteiger partial charge in [-0.1, -0.05) is 0 Å². The van der Waals surface area contributed by atoms with E-state index in [1.165, 1.54) is 12.8 Å². The average Bonchev–Trinajstić information content (AvgIpc) is 3.42. The Hall–Kier alpha value is -3.33. The lowest BCUT2D eigenvalue weighted by Gasteiger charge is -2.33. The third-order valence-electron chi connectivity index (χ3n) is 6.98. The molecule has 3 aliphatic rings. The van der Waals surface area contributed by atoms with Gasteiger partial charge in [0.1, 0.15) is 11.3 Å². The van der Waals surface area contributed by atoms with Crippen LogP contribution in [0.3, 0.4) is 0 Å². The molecule has 5 heterocycles. The second-order valence-electron chi connectivity index (χ2n) is 9.86. The molecule has 3 aromatic rings. The second kappa shape index (κ2) is 7.34. The quantitative estimate of drug-likeness (QED) is 0.558. The van der Waals surface area contributed by atoms with Crippen molar-refractivity contribution < 1.29 is 13.9 Å². The van der Waals surface area contributed by atoms with Crippen LogP contribution in [-0.4, -0.2) is 47.7 Å². The molecular weight excluding hydrogens is 420 g/mol. The van der Waals surface area contributed by atoms with Crippen molar-refractivity contribution in [2.24, 2.45) is 5.41 Å². The van der Waals surface area contributed by atoms with Gasteiger partial charge in [0.05, 0.1) is 12.0 Å². The highest BCUT2D eigenvalue weighted by molar-refractivity contribution is 6.00. The van der Waals surface area contributed by atoms with Gasteiger partial charge in [-0.15, -0.1) is 0 Å². The summed E-state index contributed by atoms with van der Waals surface area (Å²) in [5, 5.41) is 9.78. The zero-order valence-corrected chi connectivity index (χ0v) is 18.9. The molecule has 3 aliphatic heterocycles. The fourth-order valence-electron chi connectivity index (χ4n) is 5.13. The second-order valence-corrected chi connectivity index (χ2v) is 9.86. The molecule has 33 heavy (non-hydrogen) atoms. The number of nitrogens with zero attached hydrogens (tertiary/aromatic N) is 3. The molecule has 9 heteroatoms. The molecule has 9 nitrogen and oxygen atoms in total. The number of nitrogens with one attached hydrogen (secondary N) is 3. The first kappa shape index (κ1) is 20.3. The minimum absolute atomic E-state index is 0.175. The van der Waals surface area contributed by atoms with Gasteiger partial charge in [0, 0.05) is 36.8 Å². The lowest BCUT2D eigenvalue weighted by Crippen LogP contribution is -2.45. The molecule has 0 unspecified atom stereocenters. The van der Waals surface area contributed by atoms with Crippen molar-refractivity contribution in [3.05, 3.63) is 30.5 Å². The van der Waals surface area contributed by atoms with Crippen molar-refractivity contribution >= 4 is 40.1 Å². The predicted molar refractivity (Wildman–Crippen MR) is 126 cm³/mol. The zero-order chi connectivity index (χ0) is 22.6. The Labute approximate surface area is 191 Å². The summed E-state index contributed by atoms with van der Waals surface area (Å²) in [6.07, 6.45) is 5.27. The van der Waals surface area contributed by atoms with Crippen LogP contribution < -0.4 is 25.6 Å². The number of hydrogen-bond acceptors (Lipinski definition) is 8. The summed E-state index contributed by atoms with van der Waals surface area (Å²) < 4.78 is 11.6. The largest absolute Gasteiger partial charge is 0.476 e. The molecule has 0 aliphatic carbocycles. The molecule has 0 bridgehead atoms. The summed E-state index contributed by atoms with van der Waals surface area (Å²) in [6.45, 7) is 7.57. The molecule has 2 saturated heterocycles. The van der Waals surface area contributed by atoms with Crippen LogP contribution in [0.2, 0.25) is 0 Å². The molecular formula is C24H28N6O3. The van der Waals surface area contributed by atoms with E-state index in [1.54, 1.807) is 20.1 Å². The monoisotopic (exact) mass is 448 g/mol. The fourth-order valence-corrected chi connectivity index (χ4v) is 5.13. The number of fused-ring (bicyclic) bond motifs is 2. The normalized spacial score (nSPS) is 23.9. The molecule has 0 radical (unpaired) electrons. The van der Waals surface area contributed by atoms with Crippen molar-refractivity contribution in [1.29, 1.82) is 0 Å². The van der Waals surface area contributed by atoms with E-state index < -0.39 is 5.60 Å². The molecule has 3 N–H and O–H groups in total. The molecule has 2 aromatic heterocycles. The first-order valence-electron chi connectivity index (χ1n) is 11.5. The van der Waals surface area contributed by atoms with Crippen LogP contribution in [0.15, 0.2) is 34.9 Å². The Morgan fingerprint density at radius 1 is 1.18 bits per heavy atom. The molecule has 172 valence electrons. The van der Waals surface area contributed by atoms with Crippen LogP contribution in [-0.2, 0) is 4.79 Å². The van der Waals surface area contributed by atoms with Crippen LogP contribution in [0.1, 0.15) is 33.1 Å². The standard InChI is InChI=1S/C24H28N6O3/c1-23(2)21(31)27-17-12-15(4-5-18(17)33-23)26-22-28-16-6-11-32-19(16)20(29-22)30-10-8-24(14-30)7-3-9-25-13-24/h4-6,11-12,25H,3,7-10,13-14H2,1-2H3,(H,27,31)(H,26,28,29)/t24-/m1/s1. The number of hydrogen-bond donors (Lipinski definition) is 3. The Kier molecular flexibility index (Phi) is 4.52. The topological polar surface area (TPSA) is 105 Å². The maximum atomic E-state index is 12.3. The van der Waals surface area contributed by atoms with Crippen LogP contribution in [0.25, 0.3) is 11.1 Å². The number of benzene rings is 1. The van der Waals surface area contributed by atoms with Crippen LogP contribution >= 0.6 is 0 Å². The summed E-state index contributed by atoms with van der Waals surface area (Å²) in [6, 6.07) is 7.44. The first-order chi connectivity index (χ1) is 15.9. The van der Waals surface area contributed by atoms with E-state index in [-0.39, 0.29) is 5.91 Å². The third-order valence-corrected chi connectivity index (χ3v) is 6.98. The Balaban J connectivity index is 1.29. The van der Waals surface area contributed by atoms with E-state index in [9.17, 15) is 4.79 Å². The summed E-state index contributed by atoms with van der Waals surface area (Å²) >= 11 is 0. The van der Waals surface area contributed by atoms with Gasteiger partial charge in [-0.2, -0.15) is 4.98 Å². The van der Waals surface area contributed by atoms with E-state index in [1.807, 2.05) is 24.3 Å². The highest BCUT2D eigenvalue weighted by Gasteiger charge is 2.40. The van der Waals surface area contributed by atoms with E-state index in [4.69, 9.17) is 14.1 Å². The van der Waals surface area contributed by atoms with Crippen molar-refractivity contribution in [1.82, 2.24) is 15.3 Å². The van der Waals surface area contributed by atoms with E-state index >= 15 is 0 Å². The lowest BCUT2D eigenvalue weighted by atomic mass is 9.80. The minimum Gasteiger partial charge on any atom is -0.476 e. The maximum absolute atomic E-state index is 12.3. The van der Waals surface area contributed by atoms with Crippen LogP contribution in [0.4, 0.5) is 23.1 Å². The highest BCUT2D eigenvalue weighted by atomic mass is 16.5. The Bertz CT molecular complexity index is 1230. The van der Waals surface area contributed by atoms with Gasteiger partial charge in [0.25, 0.3) is 5.91 Å². The number of aromatic nitrogens is 2. The zero-order valence-electron chi connectivity index (χ0n) is 18.9. The van der Waals surface area contributed by atoms with Crippen molar-refractivity contribution in [2.45, 2.75) is 38.7 Å². The van der Waals surface area contributed by atoms with Crippen molar-refractivity contribution in [3.63, 3.8) is 0 Å². The number of furan rings is 1. The molecule has 1 amide bonds. The summed E-state index contributed by atoms with van der Waals surface area (Å²) in [5.41, 5.74) is 2.28. The van der Waals surface area contributed by atoms with E-state index in [2.05, 4.69) is 25.8 Å². The molecule has 1 aromatic carbocycles. The predicted octanol–water partition coefficient (Wildman–Crippen LogP) is 3.66. The highest BCUT2D eigenvalue weighted by Crippen LogP contribution is 2.40. The fraction of sp³-hybridized carbons (Fsp3) is 0.458. The SMILES string of the molecule is CC1(C)Oc2ccc(Nc3nc(N4CC[C@@]5(CCCNC5)C4)c4occc4n3)cc2NC1=O. The van der Waals surface area contributed by atoms with Gasteiger partial charge in [0.15, 0.2) is 17.0 Å². The molecule has 2 fully saturated rings. The van der Waals surface area contributed by atoms with E-state index in [0.717, 1.165) is 55.2 Å². The van der Waals surface area contributed by atoms with Crippen molar-refractivity contribution in [3.8, 4) is 5.75 Å². The van der Waals surface area contributed by atoms with Gasteiger partial charge in [0.2, 0.25) is 5.95 Å². The Morgan fingerprint density at radius 2 is 2.09 bits per heavy atom. The number of piperidine rings is 1. The van der Waals surface area contributed by atoms with Crippen LogP contribution in [0.5, 0.6) is 5.75 Å². The minimum atomic E-state index is -0.896.